The highest BCUT2D eigenvalue weighted by molar-refractivity contribution is 5.53. The summed E-state index contributed by atoms with van der Waals surface area (Å²) in [4.78, 5) is 29.9. The largest absolute Gasteiger partial charge is 0.358 e. The van der Waals surface area contributed by atoms with Crippen LogP contribution >= 0.6 is 0 Å². The molecule has 0 amide bonds. The Morgan fingerprint density at radius 2 is 1.81 bits per heavy atom. The van der Waals surface area contributed by atoms with E-state index in [1.165, 1.54) is 37.7 Å². The second-order valence-electron chi connectivity index (χ2n) is 7.56. The molecule has 0 atom stereocenters. The van der Waals surface area contributed by atoms with Crippen LogP contribution in [0.15, 0.2) is 27.8 Å². The average molecular weight is 354 g/mol. The molecule has 2 N–H and O–H groups in total. The van der Waals surface area contributed by atoms with Gasteiger partial charge >= 0.3 is 5.69 Å². The minimum atomic E-state index is -0.393. The summed E-state index contributed by atoms with van der Waals surface area (Å²) in [5, 5.41) is 3.36. The molecule has 0 saturated heterocycles. The number of anilines is 1. The van der Waals surface area contributed by atoms with Gasteiger partial charge < -0.3 is 5.32 Å². The third kappa shape index (κ3) is 2.98. The molecule has 138 valence electrons. The van der Waals surface area contributed by atoms with Crippen molar-refractivity contribution in [2.24, 2.45) is 0 Å². The van der Waals surface area contributed by atoms with Gasteiger partial charge in [-0.25, -0.2) is 9.36 Å². The van der Waals surface area contributed by atoms with E-state index in [1.807, 2.05) is 32.0 Å². The standard InChI is InChI=1S/C20H26N4O2/c1-13-8-9-16(10-14(13)2)24-18-17(19(25)22-20(24)26)11-23(12-21-18)15-6-4-3-5-7-15/h8-10,15,21H,3-7,11-12H2,1-2H3,(H,22,25,26). The van der Waals surface area contributed by atoms with Crippen molar-refractivity contribution in [2.75, 3.05) is 12.0 Å². The van der Waals surface area contributed by atoms with Crippen LogP contribution in [0.2, 0.25) is 0 Å². The molecule has 0 radical (unpaired) electrons. The Balaban J connectivity index is 1.76. The first kappa shape index (κ1) is 17.1. The molecule has 0 spiro atoms. The van der Waals surface area contributed by atoms with Crippen molar-refractivity contribution in [1.82, 2.24) is 14.5 Å². The highest BCUT2D eigenvalue weighted by atomic mass is 16.2. The van der Waals surface area contributed by atoms with Gasteiger partial charge in [0.05, 0.1) is 17.9 Å². The first-order valence-electron chi connectivity index (χ1n) is 9.48. The summed E-state index contributed by atoms with van der Waals surface area (Å²) in [5.74, 6) is 0.633. The van der Waals surface area contributed by atoms with E-state index >= 15 is 0 Å². The van der Waals surface area contributed by atoms with Gasteiger partial charge in [0.15, 0.2) is 0 Å². The minimum absolute atomic E-state index is 0.280. The number of rotatable bonds is 2. The summed E-state index contributed by atoms with van der Waals surface area (Å²) in [7, 11) is 0. The number of fused-ring (bicyclic) bond motifs is 1. The number of aromatic nitrogens is 2. The van der Waals surface area contributed by atoms with Gasteiger partial charge in [0, 0.05) is 12.6 Å². The van der Waals surface area contributed by atoms with E-state index in [0.29, 0.717) is 30.6 Å². The van der Waals surface area contributed by atoms with E-state index in [-0.39, 0.29) is 5.56 Å². The van der Waals surface area contributed by atoms with Crippen molar-refractivity contribution in [3.05, 3.63) is 55.7 Å². The van der Waals surface area contributed by atoms with Gasteiger partial charge in [-0.1, -0.05) is 25.3 Å². The van der Waals surface area contributed by atoms with Crippen molar-refractivity contribution in [1.29, 1.82) is 0 Å². The zero-order valence-corrected chi connectivity index (χ0v) is 15.5. The van der Waals surface area contributed by atoms with E-state index < -0.39 is 5.69 Å². The van der Waals surface area contributed by atoms with Gasteiger partial charge in [0.2, 0.25) is 0 Å². The van der Waals surface area contributed by atoms with Crippen molar-refractivity contribution in [3.63, 3.8) is 0 Å². The summed E-state index contributed by atoms with van der Waals surface area (Å²) in [6.07, 6.45) is 6.19. The van der Waals surface area contributed by atoms with Gasteiger partial charge in [-0.15, -0.1) is 0 Å². The predicted molar refractivity (Wildman–Crippen MR) is 103 cm³/mol. The Bertz CT molecular complexity index is 938. The van der Waals surface area contributed by atoms with Gasteiger partial charge in [-0.2, -0.15) is 0 Å². The first-order valence-corrected chi connectivity index (χ1v) is 9.48. The summed E-state index contributed by atoms with van der Waals surface area (Å²) in [5.41, 5.74) is 3.06. The highest BCUT2D eigenvalue weighted by Crippen LogP contribution is 2.28. The maximum absolute atomic E-state index is 12.5. The lowest BCUT2D eigenvalue weighted by atomic mass is 9.94. The van der Waals surface area contributed by atoms with E-state index in [9.17, 15) is 9.59 Å². The number of benzene rings is 1. The Morgan fingerprint density at radius 3 is 2.54 bits per heavy atom. The Kier molecular flexibility index (Phi) is 4.44. The average Bonchev–Trinajstić information content (AvgIpc) is 2.65. The molecule has 1 fully saturated rings. The van der Waals surface area contributed by atoms with Crippen LogP contribution in [-0.4, -0.2) is 27.2 Å². The second kappa shape index (κ2) is 6.76. The van der Waals surface area contributed by atoms with Crippen LogP contribution in [0.25, 0.3) is 5.69 Å². The number of hydrogen-bond donors (Lipinski definition) is 2. The molecule has 1 saturated carbocycles. The molecule has 2 aliphatic rings. The Labute approximate surface area is 152 Å². The Morgan fingerprint density at radius 1 is 1.04 bits per heavy atom. The molecule has 4 rings (SSSR count). The second-order valence-corrected chi connectivity index (χ2v) is 7.56. The topological polar surface area (TPSA) is 70.1 Å². The molecule has 1 aromatic carbocycles. The molecular formula is C20H26N4O2. The van der Waals surface area contributed by atoms with Crippen LogP contribution in [-0.2, 0) is 6.54 Å². The molecule has 0 unspecified atom stereocenters. The fourth-order valence-corrected chi connectivity index (χ4v) is 4.16. The van der Waals surface area contributed by atoms with Gasteiger partial charge in [-0.05, 0) is 49.9 Å². The summed E-state index contributed by atoms with van der Waals surface area (Å²) in [6, 6.07) is 6.44. The molecule has 1 aliphatic carbocycles. The van der Waals surface area contributed by atoms with Crippen LogP contribution in [0, 0.1) is 13.8 Å². The SMILES string of the molecule is Cc1ccc(-n2c3c(c(=O)[nH]c2=O)CN(C2CCCCC2)CN3)cc1C. The minimum Gasteiger partial charge on any atom is -0.358 e. The van der Waals surface area contributed by atoms with E-state index in [2.05, 4.69) is 15.2 Å². The van der Waals surface area contributed by atoms with Crippen molar-refractivity contribution in [2.45, 2.75) is 58.5 Å². The molecule has 1 aliphatic heterocycles. The van der Waals surface area contributed by atoms with Crippen molar-refractivity contribution in [3.8, 4) is 5.69 Å². The number of aryl methyl sites for hydroxylation is 2. The van der Waals surface area contributed by atoms with E-state index in [0.717, 1.165) is 11.3 Å². The van der Waals surface area contributed by atoms with Crippen molar-refractivity contribution >= 4 is 5.82 Å². The summed E-state index contributed by atoms with van der Waals surface area (Å²) in [6.45, 7) is 5.34. The Hall–Kier alpha value is -2.34. The van der Waals surface area contributed by atoms with Crippen LogP contribution in [0.5, 0.6) is 0 Å². The van der Waals surface area contributed by atoms with Crippen LogP contribution in [0.4, 0.5) is 5.82 Å². The molecule has 6 nitrogen and oxygen atoms in total. The molecule has 6 heteroatoms. The lowest BCUT2D eigenvalue weighted by Crippen LogP contribution is -2.47. The molecular weight excluding hydrogens is 328 g/mol. The summed E-state index contributed by atoms with van der Waals surface area (Å²) >= 11 is 0. The third-order valence-electron chi connectivity index (χ3n) is 5.86. The number of nitrogens with zero attached hydrogens (tertiary/aromatic N) is 2. The lowest BCUT2D eigenvalue weighted by Gasteiger charge is -2.38. The van der Waals surface area contributed by atoms with Crippen LogP contribution < -0.4 is 16.6 Å². The summed E-state index contributed by atoms with van der Waals surface area (Å²) < 4.78 is 1.60. The predicted octanol–water partition coefficient (Wildman–Crippen LogP) is 2.66. The number of nitrogens with one attached hydrogen (secondary N) is 2. The van der Waals surface area contributed by atoms with Gasteiger partial charge in [-0.3, -0.25) is 14.7 Å². The van der Waals surface area contributed by atoms with E-state index in [1.54, 1.807) is 4.57 Å². The molecule has 2 heterocycles. The third-order valence-corrected chi connectivity index (χ3v) is 5.86. The molecule has 0 bridgehead atoms. The number of H-pyrrole nitrogens is 1. The number of hydrogen-bond acceptors (Lipinski definition) is 4. The zero-order chi connectivity index (χ0) is 18.3. The number of aromatic amines is 1. The lowest BCUT2D eigenvalue weighted by molar-refractivity contribution is 0.152. The maximum Gasteiger partial charge on any atom is 0.334 e. The highest BCUT2D eigenvalue weighted by Gasteiger charge is 2.28. The molecule has 26 heavy (non-hydrogen) atoms. The van der Waals surface area contributed by atoms with Crippen molar-refractivity contribution < 1.29 is 0 Å². The zero-order valence-electron chi connectivity index (χ0n) is 15.5. The quantitative estimate of drug-likeness (QED) is 0.870. The molecule has 2 aromatic rings. The maximum atomic E-state index is 12.5. The van der Waals surface area contributed by atoms with E-state index in [4.69, 9.17) is 0 Å². The van der Waals surface area contributed by atoms with Gasteiger partial charge in [0.25, 0.3) is 5.56 Å². The molecule has 1 aromatic heterocycles. The fourth-order valence-electron chi connectivity index (χ4n) is 4.16. The fraction of sp³-hybridized carbons (Fsp3) is 0.500. The first-order chi connectivity index (χ1) is 12.5. The van der Waals surface area contributed by atoms with Crippen LogP contribution in [0.1, 0.15) is 48.8 Å². The van der Waals surface area contributed by atoms with Gasteiger partial charge in [0.1, 0.15) is 5.82 Å². The van der Waals surface area contributed by atoms with Crippen LogP contribution in [0.3, 0.4) is 0 Å². The monoisotopic (exact) mass is 354 g/mol. The smallest absolute Gasteiger partial charge is 0.334 e. The normalized spacial score (nSPS) is 18.4.